The highest BCUT2D eigenvalue weighted by atomic mass is 28.4. The number of allylic oxidation sites excluding steroid dienone is 2. The molecule has 3 unspecified atom stereocenters. The molecule has 41 heavy (non-hydrogen) atoms. The van der Waals surface area contributed by atoms with Crippen LogP contribution >= 0.6 is 0 Å². The molecule has 5 rings (SSSR count). The van der Waals surface area contributed by atoms with Crippen LogP contribution in [0.2, 0.25) is 18.1 Å². The molecule has 234 valence electrons. The molecule has 0 heterocycles. The minimum absolute atomic E-state index is 0.186. The van der Waals surface area contributed by atoms with E-state index in [1.807, 2.05) is 7.05 Å². The van der Waals surface area contributed by atoms with E-state index in [9.17, 15) is 4.79 Å². The highest BCUT2D eigenvalue weighted by Crippen LogP contribution is 2.76. The molecule has 3 nitrogen and oxygen atoms in total. The molecular formula is C37H65NO2Si. The smallest absolute Gasteiger partial charge is 0.226 e. The molecular weight excluding hydrogens is 518 g/mol. The molecule has 5 aliphatic carbocycles. The lowest BCUT2D eigenvalue weighted by Gasteiger charge is -2.71. The Labute approximate surface area is 254 Å². The van der Waals surface area contributed by atoms with Gasteiger partial charge in [0.15, 0.2) is 8.32 Å². The highest BCUT2D eigenvalue weighted by molar-refractivity contribution is 6.73. The Morgan fingerprint density at radius 3 is 2.12 bits per heavy atom. The van der Waals surface area contributed by atoms with E-state index in [-0.39, 0.29) is 21.7 Å². The predicted molar refractivity (Wildman–Crippen MR) is 175 cm³/mol. The van der Waals surface area contributed by atoms with Crippen molar-refractivity contribution in [1.82, 2.24) is 5.32 Å². The maximum Gasteiger partial charge on any atom is 0.226 e. The van der Waals surface area contributed by atoms with Crippen LogP contribution in [0.3, 0.4) is 0 Å². The van der Waals surface area contributed by atoms with E-state index in [0.717, 1.165) is 25.7 Å². The fourth-order valence-electron chi connectivity index (χ4n) is 12.4. The van der Waals surface area contributed by atoms with Crippen LogP contribution in [0.5, 0.6) is 0 Å². The van der Waals surface area contributed by atoms with Crippen LogP contribution in [-0.2, 0) is 9.22 Å². The van der Waals surface area contributed by atoms with E-state index in [1.54, 1.807) is 5.57 Å². The van der Waals surface area contributed by atoms with E-state index < -0.39 is 8.32 Å². The summed E-state index contributed by atoms with van der Waals surface area (Å²) in [6.45, 7) is 25.3. The largest absolute Gasteiger partial charge is 0.413 e. The van der Waals surface area contributed by atoms with Gasteiger partial charge in [0.2, 0.25) is 5.91 Å². The second-order valence-electron chi connectivity index (χ2n) is 17.7. The lowest BCUT2D eigenvalue weighted by atomic mass is 9.33. The Kier molecular flexibility index (Phi) is 7.92. The Morgan fingerprint density at radius 2 is 1.51 bits per heavy atom. The summed E-state index contributed by atoms with van der Waals surface area (Å²) in [7, 11) is 0.218. The number of carbonyl (C=O) groups is 1. The van der Waals surface area contributed by atoms with Gasteiger partial charge < -0.3 is 9.74 Å². The standard InChI is InChI=1S/C37H65NO2Si/c1-12-41(13-2,14-3)40-30-18-19-34(8)28(33(30,6)7)17-20-36(10)29(34)16-15-26-27-25-32(4,5)21-23-37(27,31(39)38-11)24-22-35(26,36)9/h15,27-30H,12-14,16-25H2,1-11H3,(H,38,39)/t27-,28?,29?,30?,34-,35-,36+,37-/m0/s1. The Hall–Kier alpha value is -0.613. The molecule has 4 saturated carbocycles. The maximum atomic E-state index is 13.6. The van der Waals surface area contributed by atoms with E-state index >= 15 is 0 Å². The van der Waals surface area contributed by atoms with Gasteiger partial charge in [-0.15, -0.1) is 0 Å². The van der Waals surface area contributed by atoms with Gasteiger partial charge in [0.25, 0.3) is 0 Å². The molecule has 1 amide bonds. The van der Waals surface area contributed by atoms with Crippen molar-refractivity contribution in [3.05, 3.63) is 11.6 Å². The molecule has 4 fully saturated rings. The molecule has 0 radical (unpaired) electrons. The number of hydrogen-bond acceptors (Lipinski definition) is 2. The minimum Gasteiger partial charge on any atom is -0.413 e. The normalized spacial score (nSPS) is 44.9. The van der Waals surface area contributed by atoms with Crippen molar-refractivity contribution < 1.29 is 9.22 Å². The summed E-state index contributed by atoms with van der Waals surface area (Å²) in [6, 6.07) is 3.74. The van der Waals surface area contributed by atoms with E-state index in [2.05, 4.69) is 80.6 Å². The van der Waals surface area contributed by atoms with Crippen molar-refractivity contribution in [1.29, 1.82) is 0 Å². The molecule has 8 atom stereocenters. The fourth-order valence-corrected chi connectivity index (χ4v) is 15.4. The molecule has 0 aliphatic heterocycles. The summed E-state index contributed by atoms with van der Waals surface area (Å²) >= 11 is 0. The summed E-state index contributed by atoms with van der Waals surface area (Å²) in [5, 5.41) is 3.14. The van der Waals surface area contributed by atoms with E-state index in [4.69, 9.17) is 4.43 Å². The highest BCUT2D eigenvalue weighted by Gasteiger charge is 2.69. The number of rotatable bonds is 6. The van der Waals surface area contributed by atoms with Crippen molar-refractivity contribution in [3.8, 4) is 0 Å². The molecule has 0 aromatic heterocycles. The van der Waals surface area contributed by atoms with Crippen LogP contribution < -0.4 is 5.32 Å². The molecule has 0 aromatic rings. The molecule has 0 saturated heterocycles. The number of hydrogen-bond donors (Lipinski definition) is 1. The summed E-state index contributed by atoms with van der Waals surface area (Å²) in [5.74, 6) is 2.13. The summed E-state index contributed by atoms with van der Waals surface area (Å²) in [6.07, 6.45) is 15.1. The number of nitrogens with one attached hydrogen (secondary N) is 1. The van der Waals surface area contributed by atoms with Crippen molar-refractivity contribution in [2.75, 3.05) is 7.05 Å². The minimum atomic E-state index is -1.65. The van der Waals surface area contributed by atoms with Crippen molar-refractivity contribution in [3.63, 3.8) is 0 Å². The molecule has 0 spiro atoms. The molecule has 5 aliphatic rings. The third kappa shape index (κ3) is 4.36. The first-order chi connectivity index (χ1) is 19.0. The lowest BCUT2D eigenvalue weighted by Crippen LogP contribution is -2.66. The summed E-state index contributed by atoms with van der Waals surface area (Å²) in [5.41, 5.74) is 2.82. The van der Waals surface area contributed by atoms with Gasteiger partial charge in [-0.2, -0.15) is 0 Å². The van der Waals surface area contributed by atoms with Gasteiger partial charge in [-0.3, -0.25) is 4.79 Å². The van der Waals surface area contributed by atoms with E-state index in [0.29, 0.717) is 40.6 Å². The van der Waals surface area contributed by atoms with Crippen molar-refractivity contribution in [2.45, 2.75) is 158 Å². The van der Waals surface area contributed by atoms with Gasteiger partial charge in [-0.05, 0) is 127 Å². The topological polar surface area (TPSA) is 38.3 Å². The second-order valence-corrected chi connectivity index (χ2v) is 22.4. The Morgan fingerprint density at radius 1 is 0.878 bits per heavy atom. The third-order valence-electron chi connectivity index (χ3n) is 15.6. The zero-order valence-corrected chi connectivity index (χ0v) is 29.9. The van der Waals surface area contributed by atoms with Gasteiger partial charge in [-0.1, -0.05) is 80.9 Å². The SMILES string of the molecule is CC[Si](CC)(CC)OC1CC[C@@]2(C)C(CC[C@]3(C)C2CC=C2[C@@H]4CC(C)(C)CC[C@]4(C(=O)NC)CC[C@@]23C)C1(C)C. The van der Waals surface area contributed by atoms with Gasteiger partial charge >= 0.3 is 0 Å². The Balaban J connectivity index is 1.51. The van der Waals surface area contributed by atoms with E-state index in [1.165, 1.54) is 56.7 Å². The lowest BCUT2D eigenvalue weighted by molar-refractivity contribution is -0.201. The van der Waals surface area contributed by atoms with Crippen LogP contribution in [0.4, 0.5) is 0 Å². The second kappa shape index (κ2) is 10.2. The van der Waals surface area contributed by atoms with Crippen LogP contribution in [0.25, 0.3) is 0 Å². The molecule has 1 N–H and O–H groups in total. The maximum absolute atomic E-state index is 13.6. The van der Waals surface area contributed by atoms with Gasteiger partial charge in [0.1, 0.15) is 0 Å². The van der Waals surface area contributed by atoms with Gasteiger partial charge in [0, 0.05) is 7.05 Å². The van der Waals surface area contributed by atoms with Crippen LogP contribution in [-0.4, -0.2) is 27.4 Å². The number of fused-ring (bicyclic) bond motifs is 7. The summed E-state index contributed by atoms with van der Waals surface area (Å²) in [4.78, 5) is 13.6. The van der Waals surface area contributed by atoms with Crippen molar-refractivity contribution in [2.24, 2.45) is 50.2 Å². The Bertz CT molecular complexity index is 1050. The average molecular weight is 584 g/mol. The first-order valence-electron chi connectivity index (χ1n) is 17.7. The van der Waals surface area contributed by atoms with Crippen molar-refractivity contribution >= 4 is 14.2 Å². The average Bonchev–Trinajstić information content (AvgIpc) is 2.92. The number of amides is 1. The summed E-state index contributed by atoms with van der Waals surface area (Å²) < 4.78 is 7.31. The quantitative estimate of drug-likeness (QED) is 0.250. The van der Waals surface area contributed by atoms with Crippen LogP contribution in [0, 0.1) is 50.2 Å². The van der Waals surface area contributed by atoms with Gasteiger partial charge in [-0.25, -0.2) is 0 Å². The first-order valence-corrected chi connectivity index (χ1v) is 20.2. The molecule has 0 bridgehead atoms. The predicted octanol–water partition coefficient (Wildman–Crippen LogP) is 9.92. The fraction of sp³-hybridized carbons (Fsp3) is 0.919. The number of carbonyl (C=O) groups excluding carboxylic acids is 1. The monoisotopic (exact) mass is 583 g/mol. The molecule has 4 heteroatoms. The van der Waals surface area contributed by atoms with Crippen LogP contribution in [0.15, 0.2) is 11.6 Å². The zero-order chi connectivity index (χ0) is 30.3. The zero-order valence-electron chi connectivity index (χ0n) is 28.9. The third-order valence-corrected chi connectivity index (χ3v) is 20.2. The first kappa shape index (κ1) is 31.8. The van der Waals surface area contributed by atoms with Gasteiger partial charge in [0.05, 0.1) is 11.5 Å². The molecule has 0 aromatic carbocycles. The van der Waals surface area contributed by atoms with Crippen LogP contribution in [0.1, 0.15) is 133 Å².